The first kappa shape index (κ1) is 15.2. The Morgan fingerprint density at radius 3 is 2.19 bits per heavy atom. The third-order valence-electron chi connectivity index (χ3n) is 2.89. The molecule has 0 amide bonds. The molecule has 21 heavy (non-hydrogen) atoms. The summed E-state index contributed by atoms with van der Waals surface area (Å²) in [7, 11) is 0. The Morgan fingerprint density at radius 2 is 1.62 bits per heavy atom. The number of alkyl halides is 3. The van der Waals surface area contributed by atoms with Gasteiger partial charge in [0.05, 0.1) is 12.1 Å². The molecular weight excluding hydrogens is 279 g/mol. The number of hydrogen-bond donors (Lipinski definition) is 1. The second-order valence-corrected chi connectivity index (χ2v) is 4.70. The molecule has 0 aromatic heterocycles. The number of rotatable bonds is 5. The van der Waals surface area contributed by atoms with Crippen LogP contribution in [0.2, 0.25) is 0 Å². The van der Waals surface area contributed by atoms with Crippen molar-refractivity contribution in [2.45, 2.75) is 19.2 Å². The largest absolute Gasteiger partial charge is 0.489 e. The molecule has 2 nitrogen and oxygen atoms in total. The Hall–Kier alpha value is -2.17. The summed E-state index contributed by atoms with van der Waals surface area (Å²) in [5.74, 6) is 0.422. The summed E-state index contributed by atoms with van der Waals surface area (Å²) in [6.45, 7) is 2.42. The highest BCUT2D eigenvalue weighted by molar-refractivity contribution is 5.42. The van der Waals surface area contributed by atoms with E-state index in [1.54, 1.807) is 0 Å². The summed E-state index contributed by atoms with van der Waals surface area (Å²) in [4.78, 5) is 0. The minimum absolute atomic E-state index is 0.165. The van der Waals surface area contributed by atoms with Crippen LogP contribution < -0.4 is 10.1 Å². The van der Waals surface area contributed by atoms with E-state index in [1.165, 1.54) is 12.1 Å². The lowest BCUT2D eigenvalue weighted by Gasteiger charge is -2.16. The third-order valence-corrected chi connectivity index (χ3v) is 2.89. The normalized spacial score (nSPS) is 12.8. The summed E-state index contributed by atoms with van der Waals surface area (Å²) in [6, 6.07) is 14.3. The molecule has 2 aromatic carbocycles. The van der Waals surface area contributed by atoms with Crippen LogP contribution in [0.5, 0.6) is 5.75 Å². The molecule has 0 aliphatic rings. The smallest absolute Gasteiger partial charge is 0.416 e. The fourth-order valence-electron chi connectivity index (χ4n) is 1.81. The molecule has 0 aliphatic carbocycles. The van der Waals surface area contributed by atoms with Gasteiger partial charge in [-0.1, -0.05) is 18.2 Å². The average Bonchev–Trinajstić information content (AvgIpc) is 2.46. The number of para-hydroxylation sites is 1. The van der Waals surface area contributed by atoms with E-state index in [-0.39, 0.29) is 6.10 Å². The fourth-order valence-corrected chi connectivity index (χ4v) is 1.81. The van der Waals surface area contributed by atoms with Crippen molar-refractivity contribution in [3.63, 3.8) is 0 Å². The fraction of sp³-hybridized carbons (Fsp3) is 0.250. The van der Waals surface area contributed by atoms with Gasteiger partial charge >= 0.3 is 6.18 Å². The summed E-state index contributed by atoms with van der Waals surface area (Å²) in [5.41, 5.74) is 0.297. The van der Waals surface area contributed by atoms with E-state index in [4.69, 9.17) is 4.74 Å². The van der Waals surface area contributed by atoms with E-state index < -0.39 is 11.7 Å². The van der Waals surface area contributed by atoms with Crippen molar-refractivity contribution in [3.8, 4) is 5.75 Å². The van der Waals surface area contributed by atoms with Crippen molar-refractivity contribution in [2.75, 3.05) is 11.9 Å². The Labute approximate surface area is 121 Å². The molecule has 1 atom stereocenters. The number of halogens is 3. The molecule has 0 spiro atoms. The number of benzene rings is 2. The quantitative estimate of drug-likeness (QED) is 0.871. The van der Waals surface area contributed by atoms with Gasteiger partial charge in [-0.15, -0.1) is 0 Å². The van der Waals surface area contributed by atoms with E-state index >= 15 is 0 Å². The number of nitrogens with one attached hydrogen (secondary N) is 1. The maximum absolute atomic E-state index is 12.4. The van der Waals surface area contributed by atoms with Gasteiger partial charge in [0.2, 0.25) is 0 Å². The van der Waals surface area contributed by atoms with Crippen molar-refractivity contribution >= 4 is 5.69 Å². The van der Waals surface area contributed by atoms with Crippen LogP contribution in [0.15, 0.2) is 54.6 Å². The third kappa shape index (κ3) is 4.70. The molecule has 0 unspecified atom stereocenters. The molecule has 0 fully saturated rings. The van der Waals surface area contributed by atoms with Gasteiger partial charge < -0.3 is 10.1 Å². The summed E-state index contributed by atoms with van der Waals surface area (Å²) < 4.78 is 42.9. The number of anilines is 1. The zero-order valence-electron chi connectivity index (χ0n) is 11.5. The van der Waals surface area contributed by atoms with Crippen molar-refractivity contribution in [1.29, 1.82) is 0 Å². The molecule has 1 N–H and O–H groups in total. The zero-order valence-corrected chi connectivity index (χ0v) is 11.5. The van der Waals surface area contributed by atoms with Crippen molar-refractivity contribution in [1.82, 2.24) is 0 Å². The molecule has 5 heteroatoms. The topological polar surface area (TPSA) is 21.3 Å². The molecule has 2 aromatic rings. The van der Waals surface area contributed by atoms with Gasteiger partial charge in [-0.3, -0.25) is 0 Å². The first-order valence-electron chi connectivity index (χ1n) is 6.58. The maximum atomic E-state index is 12.4. The van der Waals surface area contributed by atoms with Gasteiger partial charge in [-0.05, 0) is 43.3 Å². The molecular formula is C16H16F3NO. The van der Waals surface area contributed by atoms with Crippen molar-refractivity contribution in [2.24, 2.45) is 0 Å². The summed E-state index contributed by atoms with van der Waals surface area (Å²) >= 11 is 0. The second kappa shape index (κ2) is 6.52. The molecule has 0 saturated heterocycles. The number of ether oxygens (including phenoxy) is 1. The predicted octanol–water partition coefficient (Wildman–Crippen LogP) is 4.58. The Morgan fingerprint density at radius 1 is 1.00 bits per heavy atom. The number of hydrogen-bond acceptors (Lipinski definition) is 2. The van der Waals surface area contributed by atoms with Gasteiger partial charge in [0.25, 0.3) is 0 Å². The lowest BCUT2D eigenvalue weighted by Crippen LogP contribution is -2.22. The molecule has 0 saturated carbocycles. The van der Waals surface area contributed by atoms with Gasteiger partial charge in [0.1, 0.15) is 11.9 Å². The SMILES string of the molecule is C[C@@H](CNc1ccccc1)Oc1ccc(C(F)(F)F)cc1. The Bertz CT molecular complexity index is 552. The highest BCUT2D eigenvalue weighted by atomic mass is 19.4. The lowest BCUT2D eigenvalue weighted by molar-refractivity contribution is -0.137. The predicted molar refractivity (Wildman–Crippen MR) is 76.5 cm³/mol. The first-order valence-corrected chi connectivity index (χ1v) is 6.58. The van der Waals surface area contributed by atoms with E-state index in [9.17, 15) is 13.2 Å². The van der Waals surface area contributed by atoms with Crippen LogP contribution in [0.4, 0.5) is 18.9 Å². The van der Waals surface area contributed by atoms with Crippen LogP contribution >= 0.6 is 0 Å². The minimum atomic E-state index is -4.32. The van der Waals surface area contributed by atoms with Crippen LogP contribution in [0.25, 0.3) is 0 Å². The molecule has 0 aliphatic heterocycles. The van der Waals surface area contributed by atoms with Crippen molar-refractivity contribution in [3.05, 3.63) is 60.2 Å². The summed E-state index contributed by atoms with van der Waals surface area (Å²) in [5, 5.41) is 3.20. The maximum Gasteiger partial charge on any atom is 0.416 e. The average molecular weight is 295 g/mol. The zero-order chi connectivity index (χ0) is 15.3. The van der Waals surface area contributed by atoms with E-state index in [1.807, 2.05) is 37.3 Å². The van der Waals surface area contributed by atoms with E-state index in [2.05, 4.69) is 5.32 Å². The van der Waals surface area contributed by atoms with Gasteiger partial charge in [0.15, 0.2) is 0 Å². The van der Waals surface area contributed by atoms with Crippen LogP contribution in [-0.2, 0) is 6.18 Å². The molecule has 2 rings (SSSR count). The molecule has 0 radical (unpaired) electrons. The van der Waals surface area contributed by atoms with Gasteiger partial charge in [0, 0.05) is 5.69 Å². The van der Waals surface area contributed by atoms with E-state index in [0.29, 0.717) is 12.3 Å². The van der Waals surface area contributed by atoms with Crippen LogP contribution in [0, 0.1) is 0 Å². The lowest BCUT2D eigenvalue weighted by atomic mass is 10.2. The monoisotopic (exact) mass is 295 g/mol. The molecule has 0 heterocycles. The van der Waals surface area contributed by atoms with Gasteiger partial charge in [-0.25, -0.2) is 0 Å². The summed E-state index contributed by atoms with van der Waals surface area (Å²) in [6.07, 6.45) is -4.49. The highest BCUT2D eigenvalue weighted by Crippen LogP contribution is 2.30. The minimum Gasteiger partial charge on any atom is -0.489 e. The van der Waals surface area contributed by atoms with Crippen molar-refractivity contribution < 1.29 is 17.9 Å². The molecule has 112 valence electrons. The Kier molecular flexibility index (Phi) is 4.73. The highest BCUT2D eigenvalue weighted by Gasteiger charge is 2.30. The van der Waals surface area contributed by atoms with Crippen LogP contribution in [0.1, 0.15) is 12.5 Å². The van der Waals surface area contributed by atoms with E-state index in [0.717, 1.165) is 17.8 Å². The van der Waals surface area contributed by atoms with Crippen LogP contribution in [0.3, 0.4) is 0 Å². The van der Waals surface area contributed by atoms with Crippen LogP contribution in [-0.4, -0.2) is 12.6 Å². The van der Waals surface area contributed by atoms with Gasteiger partial charge in [-0.2, -0.15) is 13.2 Å². The second-order valence-electron chi connectivity index (χ2n) is 4.70. The Balaban J connectivity index is 1.86. The standard InChI is InChI=1S/C16H16F3NO/c1-12(11-20-14-5-3-2-4-6-14)21-15-9-7-13(8-10-15)16(17,18)19/h2-10,12,20H,11H2,1H3/t12-/m0/s1. The first-order chi connectivity index (χ1) is 9.95. The molecule has 0 bridgehead atoms.